The van der Waals surface area contributed by atoms with Crippen molar-refractivity contribution < 1.29 is 22.8 Å². The van der Waals surface area contributed by atoms with E-state index in [1.807, 2.05) is 0 Å². The van der Waals surface area contributed by atoms with Crippen molar-refractivity contribution in [2.24, 2.45) is 0 Å². The van der Waals surface area contributed by atoms with Gasteiger partial charge in [-0.15, -0.1) is 0 Å². The van der Waals surface area contributed by atoms with Gasteiger partial charge in [-0.3, -0.25) is 9.59 Å². The Bertz CT molecular complexity index is 932. The first kappa shape index (κ1) is 20.5. The van der Waals surface area contributed by atoms with Crippen LogP contribution in [0.3, 0.4) is 0 Å². The van der Waals surface area contributed by atoms with Crippen LogP contribution >= 0.6 is 23.2 Å². The predicted octanol–water partition coefficient (Wildman–Crippen LogP) is 4.45. The van der Waals surface area contributed by atoms with E-state index in [2.05, 4.69) is 5.32 Å². The zero-order chi connectivity index (χ0) is 20.4. The highest BCUT2D eigenvalue weighted by Gasteiger charge is 2.27. The Morgan fingerprint density at radius 2 is 1.64 bits per heavy atom. The van der Waals surface area contributed by atoms with Crippen molar-refractivity contribution in [1.82, 2.24) is 10.2 Å². The number of piperidine rings is 1. The Morgan fingerprint density at radius 1 is 0.964 bits per heavy atom. The molecule has 1 aliphatic heterocycles. The molecular weight excluding hydrogens is 416 g/mol. The van der Waals surface area contributed by atoms with Crippen molar-refractivity contribution in [2.75, 3.05) is 13.1 Å². The lowest BCUT2D eigenvalue weighted by molar-refractivity contribution is 0.0698. The van der Waals surface area contributed by atoms with Gasteiger partial charge >= 0.3 is 0 Å². The van der Waals surface area contributed by atoms with Crippen LogP contribution in [0.25, 0.3) is 0 Å². The molecule has 0 unspecified atom stereocenters. The van der Waals surface area contributed by atoms with Gasteiger partial charge in [0.25, 0.3) is 11.8 Å². The summed E-state index contributed by atoms with van der Waals surface area (Å²) in [6.07, 6.45) is 0.835. The molecule has 1 saturated heterocycles. The number of carbonyl (C=O) groups excluding carboxylic acids is 2. The van der Waals surface area contributed by atoms with Crippen LogP contribution < -0.4 is 5.32 Å². The van der Waals surface area contributed by atoms with Crippen LogP contribution in [0.15, 0.2) is 30.3 Å². The second kappa shape index (κ2) is 8.41. The summed E-state index contributed by atoms with van der Waals surface area (Å²) in [5, 5.41) is 3.27. The van der Waals surface area contributed by atoms with E-state index in [0.717, 1.165) is 6.07 Å². The average Bonchev–Trinajstić information content (AvgIpc) is 2.68. The van der Waals surface area contributed by atoms with Crippen LogP contribution in [-0.4, -0.2) is 35.8 Å². The number of halogens is 5. The third-order valence-corrected chi connectivity index (χ3v) is 5.12. The van der Waals surface area contributed by atoms with Gasteiger partial charge in [-0.25, -0.2) is 13.2 Å². The zero-order valence-electron chi connectivity index (χ0n) is 14.4. The molecule has 1 N–H and O–H groups in total. The molecule has 2 aromatic carbocycles. The molecule has 4 nitrogen and oxygen atoms in total. The number of hydrogen-bond donors (Lipinski definition) is 1. The summed E-state index contributed by atoms with van der Waals surface area (Å²) in [5.41, 5.74) is -0.274. The molecule has 0 bridgehead atoms. The number of likely N-dealkylation sites (tertiary alicyclic amines) is 1. The van der Waals surface area contributed by atoms with Gasteiger partial charge in [0.2, 0.25) is 0 Å². The van der Waals surface area contributed by atoms with Crippen molar-refractivity contribution in [3.8, 4) is 0 Å². The number of amides is 2. The van der Waals surface area contributed by atoms with Crippen molar-refractivity contribution in [3.05, 3.63) is 69.0 Å². The van der Waals surface area contributed by atoms with E-state index in [0.29, 0.717) is 47.6 Å². The lowest BCUT2D eigenvalue weighted by Gasteiger charge is -2.32. The number of nitrogens with zero attached hydrogens (tertiary/aromatic N) is 1. The SMILES string of the molecule is O=C(NC1CCN(C(=O)c2cc(Cl)ccc2Cl)CC1)c1ccc(F)c(F)c1F. The monoisotopic (exact) mass is 430 g/mol. The summed E-state index contributed by atoms with van der Waals surface area (Å²) in [6, 6.07) is 5.87. The molecule has 0 saturated carbocycles. The van der Waals surface area contributed by atoms with Crippen LogP contribution in [0, 0.1) is 17.5 Å². The zero-order valence-corrected chi connectivity index (χ0v) is 16.0. The molecule has 3 rings (SSSR count). The number of carbonyl (C=O) groups is 2. The number of nitrogens with one attached hydrogen (secondary N) is 1. The smallest absolute Gasteiger partial charge is 0.255 e. The van der Waals surface area contributed by atoms with E-state index in [9.17, 15) is 22.8 Å². The number of rotatable bonds is 3. The first-order valence-corrected chi connectivity index (χ1v) is 9.22. The van der Waals surface area contributed by atoms with Crippen LogP contribution in [0.5, 0.6) is 0 Å². The fourth-order valence-electron chi connectivity index (χ4n) is 3.02. The average molecular weight is 431 g/mol. The Morgan fingerprint density at radius 3 is 2.32 bits per heavy atom. The van der Waals surface area contributed by atoms with Crippen LogP contribution in [-0.2, 0) is 0 Å². The highest BCUT2D eigenvalue weighted by molar-refractivity contribution is 6.35. The maximum absolute atomic E-state index is 13.7. The molecule has 0 aromatic heterocycles. The fraction of sp³-hybridized carbons (Fsp3) is 0.263. The minimum absolute atomic E-state index is 0.274. The van der Waals surface area contributed by atoms with E-state index < -0.39 is 28.9 Å². The van der Waals surface area contributed by atoms with Gasteiger partial charge < -0.3 is 10.2 Å². The minimum atomic E-state index is -1.69. The van der Waals surface area contributed by atoms with E-state index in [4.69, 9.17) is 23.2 Å². The Kier molecular flexibility index (Phi) is 6.15. The van der Waals surface area contributed by atoms with Crippen LogP contribution in [0.1, 0.15) is 33.6 Å². The number of hydrogen-bond acceptors (Lipinski definition) is 2. The number of benzene rings is 2. The molecule has 0 atom stereocenters. The molecule has 2 aromatic rings. The van der Waals surface area contributed by atoms with E-state index in [1.165, 1.54) is 6.07 Å². The molecule has 1 aliphatic rings. The van der Waals surface area contributed by atoms with E-state index in [-0.39, 0.29) is 11.9 Å². The molecule has 148 valence electrons. The predicted molar refractivity (Wildman–Crippen MR) is 99.2 cm³/mol. The first-order valence-electron chi connectivity index (χ1n) is 8.46. The van der Waals surface area contributed by atoms with Crippen molar-refractivity contribution in [3.63, 3.8) is 0 Å². The Hall–Kier alpha value is -2.25. The van der Waals surface area contributed by atoms with Crippen LogP contribution in [0.4, 0.5) is 13.2 Å². The topological polar surface area (TPSA) is 49.4 Å². The van der Waals surface area contributed by atoms with Gasteiger partial charge in [-0.05, 0) is 43.2 Å². The molecule has 9 heteroatoms. The molecule has 1 fully saturated rings. The Labute approximate surface area is 169 Å². The second-order valence-corrected chi connectivity index (χ2v) is 7.23. The molecule has 28 heavy (non-hydrogen) atoms. The Balaban J connectivity index is 1.61. The maximum atomic E-state index is 13.7. The highest BCUT2D eigenvalue weighted by atomic mass is 35.5. The summed E-state index contributed by atoms with van der Waals surface area (Å²) in [7, 11) is 0. The summed E-state index contributed by atoms with van der Waals surface area (Å²) < 4.78 is 40.0. The first-order chi connectivity index (χ1) is 13.3. The fourth-order valence-corrected chi connectivity index (χ4v) is 3.39. The molecule has 1 heterocycles. The second-order valence-electron chi connectivity index (χ2n) is 6.39. The molecule has 2 amide bonds. The quantitative estimate of drug-likeness (QED) is 0.731. The van der Waals surface area contributed by atoms with Crippen molar-refractivity contribution in [1.29, 1.82) is 0 Å². The minimum Gasteiger partial charge on any atom is -0.349 e. The highest BCUT2D eigenvalue weighted by Crippen LogP contribution is 2.24. The van der Waals surface area contributed by atoms with Crippen LogP contribution in [0.2, 0.25) is 10.0 Å². The third-order valence-electron chi connectivity index (χ3n) is 4.56. The normalized spacial score (nSPS) is 14.8. The van der Waals surface area contributed by atoms with E-state index >= 15 is 0 Å². The van der Waals surface area contributed by atoms with Gasteiger partial charge in [0.15, 0.2) is 17.5 Å². The van der Waals surface area contributed by atoms with Gasteiger partial charge in [-0.1, -0.05) is 23.2 Å². The summed E-state index contributed by atoms with van der Waals surface area (Å²) in [4.78, 5) is 26.4. The summed E-state index contributed by atoms with van der Waals surface area (Å²) >= 11 is 12.0. The molecule has 0 radical (unpaired) electrons. The standard InChI is InChI=1S/C19H15Cl2F3N2O2/c20-10-1-3-14(21)13(9-10)19(28)26-7-5-11(6-8-26)25-18(27)12-2-4-15(22)17(24)16(12)23/h1-4,9,11H,5-8H2,(H,25,27). The summed E-state index contributed by atoms with van der Waals surface area (Å²) in [6.45, 7) is 0.680. The van der Waals surface area contributed by atoms with Crippen molar-refractivity contribution >= 4 is 35.0 Å². The van der Waals surface area contributed by atoms with Gasteiger partial charge in [0.1, 0.15) is 0 Å². The van der Waals surface area contributed by atoms with Gasteiger partial charge in [0, 0.05) is 24.2 Å². The lowest BCUT2D eigenvalue weighted by atomic mass is 10.0. The van der Waals surface area contributed by atoms with E-state index in [1.54, 1.807) is 17.0 Å². The van der Waals surface area contributed by atoms with Crippen molar-refractivity contribution in [2.45, 2.75) is 18.9 Å². The van der Waals surface area contributed by atoms with Gasteiger partial charge in [-0.2, -0.15) is 0 Å². The molecule has 0 spiro atoms. The lowest BCUT2D eigenvalue weighted by Crippen LogP contribution is -2.46. The third kappa shape index (κ3) is 4.25. The van der Waals surface area contributed by atoms with Gasteiger partial charge in [0.05, 0.1) is 16.1 Å². The maximum Gasteiger partial charge on any atom is 0.255 e. The molecular formula is C19H15Cl2F3N2O2. The largest absolute Gasteiger partial charge is 0.349 e. The summed E-state index contributed by atoms with van der Waals surface area (Å²) in [5.74, 6) is -5.68. The molecule has 0 aliphatic carbocycles.